The predicted molar refractivity (Wildman–Crippen MR) is 130 cm³/mol. The third-order valence-electron chi connectivity index (χ3n) is 5.61. The lowest BCUT2D eigenvalue weighted by atomic mass is 10.0. The van der Waals surface area contributed by atoms with E-state index in [1.165, 1.54) is 5.56 Å². The lowest BCUT2D eigenvalue weighted by molar-refractivity contribution is -0.118. The summed E-state index contributed by atoms with van der Waals surface area (Å²) in [5.74, 6) is 1.20. The van der Waals surface area contributed by atoms with Crippen LogP contribution in [0, 0.1) is 0 Å². The molecule has 0 radical (unpaired) electrons. The molecule has 3 aromatic rings. The van der Waals surface area contributed by atoms with Crippen molar-refractivity contribution in [2.24, 2.45) is 0 Å². The average molecular weight is 488 g/mol. The minimum atomic E-state index is -3.12. The Kier molecular flexibility index (Phi) is 6.76. The third kappa shape index (κ3) is 5.75. The van der Waals surface area contributed by atoms with Crippen LogP contribution in [0.4, 0.5) is 5.82 Å². The number of hydrogen-bond acceptors (Lipinski definition) is 5. The maximum Gasteiger partial charge on any atom is 0.263 e. The quantitative estimate of drug-likeness (QED) is 0.521. The molecular weight excluding hydrogens is 462 g/mol. The van der Waals surface area contributed by atoms with Crippen molar-refractivity contribution in [3.05, 3.63) is 65.2 Å². The van der Waals surface area contributed by atoms with E-state index < -0.39 is 9.84 Å². The highest BCUT2D eigenvalue weighted by Crippen LogP contribution is 2.30. The number of carbonyl (C=O) groups excluding carboxylic acids is 1. The number of anilines is 1. The number of nitrogens with zero attached hydrogens (tertiary/aromatic N) is 2. The Labute approximate surface area is 198 Å². The first-order valence-corrected chi connectivity index (χ1v) is 13.0. The van der Waals surface area contributed by atoms with Gasteiger partial charge in [0.05, 0.1) is 23.2 Å². The van der Waals surface area contributed by atoms with Crippen LogP contribution in [0.25, 0.3) is 11.3 Å². The number of ether oxygens (including phenoxy) is 1. The van der Waals surface area contributed by atoms with E-state index in [1.807, 2.05) is 36.4 Å². The molecule has 0 bridgehead atoms. The Balaban J connectivity index is 1.51. The molecule has 1 atom stereocenters. The van der Waals surface area contributed by atoms with Crippen molar-refractivity contribution in [1.29, 1.82) is 0 Å². The minimum absolute atomic E-state index is 0.00366. The van der Waals surface area contributed by atoms with Gasteiger partial charge < -0.3 is 10.1 Å². The Morgan fingerprint density at radius 3 is 2.48 bits per heavy atom. The summed E-state index contributed by atoms with van der Waals surface area (Å²) in [5, 5.41) is 8.04. The van der Waals surface area contributed by atoms with Gasteiger partial charge >= 0.3 is 0 Å². The first-order chi connectivity index (χ1) is 15.7. The maximum absolute atomic E-state index is 12.6. The van der Waals surface area contributed by atoms with Gasteiger partial charge in [0.2, 0.25) is 0 Å². The number of amides is 1. The molecule has 0 aliphatic carbocycles. The molecule has 2 heterocycles. The van der Waals surface area contributed by atoms with Crippen LogP contribution in [0.5, 0.6) is 5.75 Å². The Morgan fingerprint density at radius 2 is 1.88 bits per heavy atom. The molecule has 1 N–H and O–H groups in total. The molecule has 7 nitrogen and oxygen atoms in total. The molecule has 1 saturated heterocycles. The van der Waals surface area contributed by atoms with Crippen molar-refractivity contribution in [3.8, 4) is 17.0 Å². The fourth-order valence-corrected chi connectivity index (χ4v) is 5.59. The molecule has 9 heteroatoms. The van der Waals surface area contributed by atoms with Crippen LogP contribution >= 0.6 is 11.6 Å². The van der Waals surface area contributed by atoms with Crippen LogP contribution in [0.15, 0.2) is 54.6 Å². The molecule has 4 rings (SSSR count). The van der Waals surface area contributed by atoms with E-state index >= 15 is 0 Å². The number of benzene rings is 2. The molecule has 1 aliphatic rings. The van der Waals surface area contributed by atoms with Crippen LogP contribution in [0.3, 0.4) is 0 Å². The number of carbonyl (C=O) groups is 1. The molecule has 1 aromatic heterocycles. The summed E-state index contributed by atoms with van der Waals surface area (Å²) in [5.41, 5.74) is 2.63. The van der Waals surface area contributed by atoms with Gasteiger partial charge in [0.15, 0.2) is 16.4 Å². The predicted octanol–water partition coefficient (Wildman–Crippen LogP) is 4.70. The Morgan fingerprint density at radius 1 is 1.18 bits per heavy atom. The second-order valence-corrected chi connectivity index (χ2v) is 11.1. The Hall–Kier alpha value is -2.84. The van der Waals surface area contributed by atoms with E-state index in [0.29, 0.717) is 34.6 Å². The van der Waals surface area contributed by atoms with E-state index in [-0.39, 0.29) is 30.1 Å². The highest BCUT2D eigenvalue weighted by atomic mass is 35.5. The number of halogens is 1. The van der Waals surface area contributed by atoms with Crippen molar-refractivity contribution in [2.75, 3.05) is 23.4 Å². The maximum atomic E-state index is 12.6. The topological polar surface area (TPSA) is 90.3 Å². The lowest BCUT2D eigenvalue weighted by Crippen LogP contribution is -2.23. The minimum Gasteiger partial charge on any atom is -0.484 e. The largest absolute Gasteiger partial charge is 0.484 e. The smallest absolute Gasteiger partial charge is 0.263 e. The summed E-state index contributed by atoms with van der Waals surface area (Å²) in [6.07, 6.45) is 0.450. The summed E-state index contributed by atoms with van der Waals surface area (Å²) in [4.78, 5) is 12.6. The highest BCUT2D eigenvalue weighted by Gasteiger charge is 2.31. The molecule has 2 aromatic carbocycles. The van der Waals surface area contributed by atoms with E-state index in [2.05, 4.69) is 24.3 Å². The second kappa shape index (κ2) is 9.57. The molecule has 0 saturated carbocycles. The number of hydrogen-bond donors (Lipinski definition) is 1. The van der Waals surface area contributed by atoms with Crippen molar-refractivity contribution < 1.29 is 17.9 Å². The molecule has 1 aliphatic heterocycles. The van der Waals surface area contributed by atoms with Crippen molar-refractivity contribution in [1.82, 2.24) is 9.78 Å². The van der Waals surface area contributed by atoms with E-state index in [1.54, 1.807) is 22.9 Å². The molecule has 174 valence electrons. The van der Waals surface area contributed by atoms with Gasteiger partial charge in [0.1, 0.15) is 11.6 Å². The molecular formula is C24H26ClN3O4S. The van der Waals surface area contributed by atoms with Crippen LogP contribution < -0.4 is 10.1 Å². The average Bonchev–Trinajstić information content (AvgIpc) is 3.35. The standard InChI is InChI=1S/C24H26ClN3O4S/c1-16(2)17-5-9-21(10-6-17)32-14-24(29)26-23-13-22(18-3-7-19(25)8-4-18)27-28(23)20-11-12-33(30,31)15-20/h3-10,13,16,20H,11-12,14-15H2,1-2H3,(H,26,29)/t20-/m0/s1. The number of nitrogens with one attached hydrogen (secondary N) is 1. The van der Waals surface area contributed by atoms with Gasteiger partial charge in [-0.1, -0.05) is 49.7 Å². The summed E-state index contributed by atoms with van der Waals surface area (Å²) < 4.78 is 31.3. The molecule has 1 amide bonds. The molecule has 0 spiro atoms. The SMILES string of the molecule is CC(C)c1ccc(OCC(=O)Nc2cc(-c3ccc(Cl)cc3)nn2[C@H]2CCS(=O)(=O)C2)cc1. The van der Waals surface area contributed by atoms with Crippen molar-refractivity contribution in [2.45, 2.75) is 32.2 Å². The first-order valence-electron chi connectivity index (χ1n) is 10.8. The highest BCUT2D eigenvalue weighted by molar-refractivity contribution is 7.91. The Bertz CT molecular complexity index is 1240. The van der Waals surface area contributed by atoms with Gasteiger partial charge in [0, 0.05) is 16.7 Å². The zero-order valence-corrected chi connectivity index (χ0v) is 20.1. The number of aromatic nitrogens is 2. The fourth-order valence-electron chi connectivity index (χ4n) is 3.77. The van der Waals surface area contributed by atoms with E-state index in [9.17, 15) is 13.2 Å². The first kappa shape index (κ1) is 23.3. The van der Waals surface area contributed by atoms with E-state index in [4.69, 9.17) is 16.3 Å². The van der Waals surface area contributed by atoms with Crippen LogP contribution in [0.1, 0.15) is 37.8 Å². The summed E-state index contributed by atoms with van der Waals surface area (Å²) >= 11 is 5.99. The van der Waals surface area contributed by atoms with Crippen molar-refractivity contribution in [3.63, 3.8) is 0 Å². The van der Waals surface area contributed by atoms with Gasteiger partial charge in [0.25, 0.3) is 5.91 Å². The summed E-state index contributed by atoms with van der Waals surface area (Å²) in [6.45, 7) is 4.05. The van der Waals surface area contributed by atoms with E-state index in [0.717, 1.165) is 5.56 Å². The monoisotopic (exact) mass is 487 g/mol. The number of sulfone groups is 1. The zero-order valence-electron chi connectivity index (χ0n) is 18.5. The fraction of sp³-hybridized carbons (Fsp3) is 0.333. The zero-order chi connectivity index (χ0) is 23.6. The summed E-state index contributed by atoms with van der Waals surface area (Å²) in [6, 6.07) is 16.2. The molecule has 33 heavy (non-hydrogen) atoms. The number of rotatable bonds is 7. The van der Waals surface area contributed by atoms with Gasteiger partial charge in [-0.05, 0) is 42.2 Å². The van der Waals surface area contributed by atoms with Crippen molar-refractivity contribution >= 4 is 33.2 Å². The third-order valence-corrected chi connectivity index (χ3v) is 7.62. The van der Waals surface area contributed by atoms with Gasteiger partial charge in [-0.15, -0.1) is 0 Å². The molecule has 1 fully saturated rings. The van der Waals surface area contributed by atoms with Gasteiger partial charge in [-0.25, -0.2) is 13.1 Å². The van der Waals surface area contributed by atoms with Gasteiger partial charge in [-0.2, -0.15) is 5.10 Å². The normalized spacial score (nSPS) is 17.3. The van der Waals surface area contributed by atoms with Crippen LogP contribution in [-0.2, 0) is 14.6 Å². The van der Waals surface area contributed by atoms with Crippen LogP contribution in [-0.4, -0.2) is 42.2 Å². The summed E-state index contributed by atoms with van der Waals surface area (Å²) in [7, 11) is -3.12. The molecule has 0 unspecified atom stereocenters. The second-order valence-electron chi connectivity index (χ2n) is 8.48. The van der Waals surface area contributed by atoms with Crippen LogP contribution in [0.2, 0.25) is 5.02 Å². The van der Waals surface area contributed by atoms with Gasteiger partial charge in [-0.3, -0.25) is 4.79 Å². The lowest BCUT2D eigenvalue weighted by Gasteiger charge is -2.14.